The van der Waals surface area contributed by atoms with Crippen molar-refractivity contribution in [2.24, 2.45) is 0 Å². The summed E-state index contributed by atoms with van der Waals surface area (Å²) in [4.78, 5) is 65.9. The molecular formula is C48H68N4O13P-. The van der Waals surface area contributed by atoms with E-state index < -0.39 is 24.7 Å². The zero-order valence-electron chi connectivity index (χ0n) is 37.5. The molecule has 66 heavy (non-hydrogen) atoms. The molecule has 0 saturated heterocycles. The van der Waals surface area contributed by atoms with E-state index in [0.29, 0.717) is 39.6 Å². The van der Waals surface area contributed by atoms with Crippen LogP contribution in [0.1, 0.15) is 70.2 Å². The van der Waals surface area contributed by atoms with Crippen LogP contribution < -0.4 is 30.7 Å². The third-order valence-electron chi connectivity index (χ3n) is 9.45. The molecule has 1 unspecified atom stereocenters. The number of hydrogen-bond acceptors (Lipinski definition) is 13. The van der Waals surface area contributed by atoms with Crippen LogP contribution >= 0.6 is 7.60 Å². The van der Waals surface area contributed by atoms with Crippen LogP contribution in [0.3, 0.4) is 0 Å². The van der Waals surface area contributed by atoms with E-state index in [1.807, 2.05) is 0 Å². The normalized spacial score (nSPS) is 11.8. The van der Waals surface area contributed by atoms with E-state index in [4.69, 9.17) is 52.2 Å². The standard InChI is InChI=1S/C47H65N4O13P.CH4/c1-6-26-58-32-35-61-29-23-48-43(52)17-20-47(21-18-44(53)49-24-30-62-36-33-59-27-7-2,22-19-45(54)50-25-31-63-37-34-60-28-8-3)51-46(55)41-11-9-39(10-12-41)40-13-15-42(16-14-40)64-65(56,57)38(4)5;/h1-3,9-16,38H,17-37H2,4-5H3,(H,48,52)(H,49,53)(H,50,54)(H,51,55)(H,56,57);1H4/p-1. The molecule has 0 saturated carbocycles. The van der Waals surface area contributed by atoms with Gasteiger partial charge in [0.15, 0.2) is 7.60 Å². The number of carbonyl (C=O) groups is 4. The summed E-state index contributed by atoms with van der Waals surface area (Å²) in [5.74, 6) is 5.85. The Kier molecular flexibility index (Phi) is 31.2. The van der Waals surface area contributed by atoms with Gasteiger partial charge in [-0.25, -0.2) is 0 Å². The molecule has 0 radical (unpaired) electrons. The quantitative estimate of drug-likeness (QED) is 0.0438. The van der Waals surface area contributed by atoms with Gasteiger partial charge in [-0.05, 0) is 54.7 Å². The lowest BCUT2D eigenvalue weighted by atomic mass is 9.82. The number of terminal acetylenes is 3. The molecular weight excluding hydrogens is 872 g/mol. The van der Waals surface area contributed by atoms with Crippen molar-refractivity contribution in [3.63, 3.8) is 0 Å². The van der Waals surface area contributed by atoms with Gasteiger partial charge in [0.1, 0.15) is 25.6 Å². The Balaban J connectivity index is 0.0000218. The van der Waals surface area contributed by atoms with Gasteiger partial charge in [0.2, 0.25) is 17.7 Å². The van der Waals surface area contributed by atoms with Crippen molar-refractivity contribution in [2.75, 3.05) is 98.9 Å². The van der Waals surface area contributed by atoms with Crippen molar-refractivity contribution in [1.82, 2.24) is 21.3 Å². The highest BCUT2D eigenvalue weighted by atomic mass is 31.2. The molecule has 0 bridgehead atoms. The summed E-state index contributed by atoms with van der Waals surface area (Å²) in [6, 6.07) is 13.3. The molecule has 364 valence electrons. The predicted octanol–water partition coefficient (Wildman–Crippen LogP) is 3.49. The molecule has 0 aromatic heterocycles. The van der Waals surface area contributed by atoms with Crippen molar-refractivity contribution in [2.45, 2.75) is 71.0 Å². The van der Waals surface area contributed by atoms with E-state index in [1.54, 1.807) is 48.5 Å². The van der Waals surface area contributed by atoms with Crippen LogP contribution in [-0.2, 0) is 47.4 Å². The fraction of sp³-hybridized carbons (Fsp3) is 0.542. The van der Waals surface area contributed by atoms with Crippen LogP contribution in [0.4, 0.5) is 0 Å². The Morgan fingerprint density at radius 1 is 0.591 bits per heavy atom. The van der Waals surface area contributed by atoms with Crippen molar-refractivity contribution >= 4 is 31.2 Å². The van der Waals surface area contributed by atoms with E-state index in [0.717, 1.165) is 11.1 Å². The Labute approximate surface area is 391 Å². The van der Waals surface area contributed by atoms with Gasteiger partial charge in [-0.15, -0.1) is 19.3 Å². The molecule has 2 aromatic carbocycles. The Hall–Kier alpha value is -5.25. The van der Waals surface area contributed by atoms with Crippen molar-refractivity contribution in [3.8, 4) is 53.9 Å². The van der Waals surface area contributed by atoms with Gasteiger partial charge in [0, 0.05) is 55.7 Å². The minimum Gasteiger partial charge on any atom is -0.769 e. The SMILES string of the molecule is C.C#CCOCCOCCNC(=O)CCC(CCC(=O)NCCOCCOCC#C)(CCC(=O)NCCOCCOCC#C)NC(=O)c1ccc(-c2ccc(OP(=O)([O-])C(C)C)cc2)cc1. The molecule has 17 nitrogen and oxygen atoms in total. The number of benzene rings is 2. The smallest absolute Gasteiger partial charge is 0.251 e. The molecule has 0 heterocycles. The lowest BCUT2D eigenvalue weighted by Crippen LogP contribution is -2.50. The average Bonchev–Trinajstić information content (AvgIpc) is 3.29. The molecule has 1 atom stereocenters. The Morgan fingerprint density at radius 2 is 0.939 bits per heavy atom. The monoisotopic (exact) mass is 939 g/mol. The second-order valence-electron chi connectivity index (χ2n) is 14.7. The summed E-state index contributed by atoms with van der Waals surface area (Å²) in [6.45, 7) is 6.74. The van der Waals surface area contributed by atoms with E-state index in [1.165, 1.54) is 13.8 Å². The summed E-state index contributed by atoms with van der Waals surface area (Å²) in [5, 5.41) is 11.5. The molecule has 0 aliphatic carbocycles. The van der Waals surface area contributed by atoms with E-state index in [9.17, 15) is 28.6 Å². The maximum atomic E-state index is 14.1. The first-order valence-corrected chi connectivity index (χ1v) is 23.1. The summed E-state index contributed by atoms with van der Waals surface area (Å²) >= 11 is 0. The third-order valence-corrected chi connectivity index (χ3v) is 11.2. The van der Waals surface area contributed by atoms with Crippen LogP contribution in [-0.4, -0.2) is 134 Å². The highest BCUT2D eigenvalue weighted by molar-refractivity contribution is 7.52. The van der Waals surface area contributed by atoms with Crippen LogP contribution in [0.2, 0.25) is 0 Å². The maximum Gasteiger partial charge on any atom is 0.251 e. The van der Waals surface area contributed by atoms with Gasteiger partial charge in [0.25, 0.3) is 5.91 Å². The van der Waals surface area contributed by atoms with Gasteiger partial charge in [0.05, 0.1) is 59.5 Å². The molecule has 0 spiro atoms. The molecule has 0 aliphatic heterocycles. The zero-order chi connectivity index (χ0) is 47.6. The van der Waals surface area contributed by atoms with Crippen molar-refractivity contribution < 1.29 is 61.6 Å². The first-order valence-electron chi connectivity index (χ1n) is 21.4. The third kappa shape index (κ3) is 26.0. The topological polar surface area (TPSA) is 221 Å². The number of hydrogen-bond donors (Lipinski definition) is 4. The van der Waals surface area contributed by atoms with Crippen molar-refractivity contribution in [3.05, 3.63) is 54.1 Å². The molecule has 2 aromatic rings. The number of amides is 4. The predicted molar refractivity (Wildman–Crippen MR) is 250 cm³/mol. The highest BCUT2D eigenvalue weighted by Crippen LogP contribution is 2.43. The summed E-state index contributed by atoms with van der Waals surface area (Å²) in [7, 11) is -4.08. The minimum atomic E-state index is -4.08. The summed E-state index contributed by atoms with van der Waals surface area (Å²) in [5.41, 5.74) is -0.100. The van der Waals surface area contributed by atoms with Gasteiger partial charge in [-0.2, -0.15) is 0 Å². The van der Waals surface area contributed by atoms with Gasteiger partial charge in [-0.3, -0.25) is 23.7 Å². The van der Waals surface area contributed by atoms with Crippen LogP contribution in [0.5, 0.6) is 5.75 Å². The molecule has 4 N–H and O–H groups in total. The molecule has 18 heteroatoms. The number of rotatable bonds is 36. The fourth-order valence-corrected chi connectivity index (χ4v) is 6.44. The van der Waals surface area contributed by atoms with Crippen LogP contribution in [0, 0.1) is 37.0 Å². The molecule has 0 fully saturated rings. The summed E-state index contributed by atoms with van der Waals surface area (Å²) < 4.78 is 49.5. The number of carbonyl (C=O) groups excluding carboxylic acids is 4. The Morgan fingerprint density at radius 3 is 1.29 bits per heavy atom. The van der Waals surface area contributed by atoms with Gasteiger partial charge in [-0.1, -0.05) is 63.3 Å². The fourth-order valence-electron chi connectivity index (χ4n) is 5.81. The zero-order valence-corrected chi connectivity index (χ0v) is 38.4. The van der Waals surface area contributed by atoms with Crippen molar-refractivity contribution in [1.29, 1.82) is 0 Å². The second kappa shape index (κ2) is 35.0. The van der Waals surface area contributed by atoms with Crippen LogP contribution in [0.25, 0.3) is 11.1 Å². The lowest BCUT2D eigenvalue weighted by molar-refractivity contribution is -0.192. The molecule has 0 aliphatic rings. The minimum absolute atomic E-state index is 0. The number of ether oxygens (including phenoxy) is 6. The number of nitrogens with one attached hydrogen (secondary N) is 4. The molecule has 2 rings (SSSR count). The largest absolute Gasteiger partial charge is 0.769 e. The first kappa shape index (κ1) is 58.8. The van der Waals surface area contributed by atoms with E-state index in [2.05, 4.69) is 39.0 Å². The van der Waals surface area contributed by atoms with Gasteiger partial charge < -0.3 is 59.1 Å². The second-order valence-corrected chi connectivity index (χ2v) is 17.0. The van der Waals surface area contributed by atoms with Crippen LogP contribution in [0.15, 0.2) is 48.5 Å². The average molecular weight is 940 g/mol. The van der Waals surface area contributed by atoms with E-state index in [-0.39, 0.29) is 134 Å². The lowest BCUT2D eigenvalue weighted by Gasteiger charge is -2.35. The van der Waals surface area contributed by atoms with Gasteiger partial charge >= 0.3 is 0 Å². The van der Waals surface area contributed by atoms with E-state index >= 15 is 0 Å². The summed E-state index contributed by atoms with van der Waals surface area (Å²) in [6.07, 6.45) is 15.7. The Bertz CT molecular complexity index is 1780. The molecule has 4 amide bonds. The first-order chi connectivity index (χ1) is 31.3. The maximum absolute atomic E-state index is 14.1. The highest BCUT2D eigenvalue weighted by Gasteiger charge is 2.34.